The van der Waals surface area contributed by atoms with E-state index < -0.39 is 10.0 Å². The number of hydrogen-bond donors (Lipinski definition) is 2. The van der Waals surface area contributed by atoms with E-state index in [-0.39, 0.29) is 10.1 Å². The molecule has 0 saturated carbocycles. The van der Waals surface area contributed by atoms with Crippen LogP contribution in [0, 0.1) is 0 Å². The van der Waals surface area contributed by atoms with Crippen molar-refractivity contribution in [1.29, 1.82) is 0 Å². The molecule has 130 valence electrons. The number of carbonyl (C=O) groups excluding carboxylic acids is 1. The second-order valence-electron chi connectivity index (χ2n) is 4.65. The number of thioether (sulfide) groups is 1. The predicted molar refractivity (Wildman–Crippen MR) is 101 cm³/mol. The van der Waals surface area contributed by atoms with Gasteiger partial charge in [-0.3, -0.25) is 14.8 Å². The van der Waals surface area contributed by atoms with Crippen molar-refractivity contribution in [2.24, 2.45) is 0 Å². The zero-order chi connectivity index (χ0) is 17.9. The van der Waals surface area contributed by atoms with Gasteiger partial charge in [0.15, 0.2) is 4.34 Å². The van der Waals surface area contributed by atoms with Crippen LogP contribution in [-0.4, -0.2) is 30.8 Å². The maximum absolute atomic E-state index is 12.2. The standard InChI is InChI=1S/C14H12N4O3S4/c1-22-14-17-16-13(24-14)15-12(19)9-4-6-10(7-5-9)18-25(20,21)11-3-2-8-23-11/h2-8,18H,1H3,(H,15,16,19). The van der Waals surface area contributed by atoms with Gasteiger partial charge in [0.2, 0.25) is 5.13 Å². The van der Waals surface area contributed by atoms with Crippen LogP contribution in [0.3, 0.4) is 0 Å². The van der Waals surface area contributed by atoms with Crippen molar-refractivity contribution in [3.63, 3.8) is 0 Å². The molecule has 3 rings (SSSR count). The topological polar surface area (TPSA) is 101 Å². The first-order chi connectivity index (χ1) is 12.0. The Kier molecular flexibility index (Phi) is 5.37. The quantitative estimate of drug-likeness (QED) is 0.475. The van der Waals surface area contributed by atoms with Crippen LogP contribution >= 0.6 is 34.4 Å². The number of anilines is 2. The van der Waals surface area contributed by atoms with Crippen molar-refractivity contribution in [1.82, 2.24) is 10.2 Å². The highest BCUT2D eigenvalue weighted by molar-refractivity contribution is 8.00. The fraction of sp³-hybridized carbons (Fsp3) is 0.0714. The van der Waals surface area contributed by atoms with Gasteiger partial charge < -0.3 is 0 Å². The van der Waals surface area contributed by atoms with E-state index in [0.29, 0.717) is 16.4 Å². The first-order valence-corrected chi connectivity index (χ1v) is 11.2. The molecule has 1 amide bonds. The molecular formula is C14H12N4O3S4. The number of aromatic nitrogens is 2. The second kappa shape index (κ2) is 7.52. The SMILES string of the molecule is CSc1nnc(NC(=O)c2ccc(NS(=O)(=O)c3cccs3)cc2)s1. The van der Waals surface area contributed by atoms with Crippen LogP contribution < -0.4 is 10.0 Å². The van der Waals surface area contributed by atoms with Crippen LogP contribution in [0.5, 0.6) is 0 Å². The van der Waals surface area contributed by atoms with Gasteiger partial charge in [-0.15, -0.1) is 21.5 Å². The Labute approximate surface area is 156 Å². The molecule has 3 aromatic rings. The lowest BCUT2D eigenvalue weighted by molar-refractivity contribution is 0.102. The number of hydrogen-bond acceptors (Lipinski definition) is 8. The lowest BCUT2D eigenvalue weighted by Crippen LogP contribution is -2.13. The summed E-state index contributed by atoms with van der Waals surface area (Å²) in [5.74, 6) is -0.337. The second-order valence-corrected chi connectivity index (χ2v) is 9.53. The Bertz CT molecular complexity index is 966. The molecule has 0 fully saturated rings. The van der Waals surface area contributed by atoms with E-state index in [2.05, 4.69) is 20.2 Å². The summed E-state index contributed by atoms with van der Waals surface area (Å²) in [6, 6.07) is 9.35. The molecule has 2 N–H and O–H groups in total. The monoisotopic (exact) mass is 412 g/mol. The van der Waals surface area contributed by atoms with Crippen molar-refractivity contribution in [3.8, 4) is 0 Å². The van der Waals surface area contributed by atoms with Gasteiger partial charge in [0, 0.05) is 11.3 Å². The molecule has 0 bridgehead atoms. The summed E-state index contributed by atoms with van der Waals surface area (Å²) in [6.07, 6.45) is 1.88. The van der Waals surface area contributed by atoms with Gasteiger partial charge in [-0.1, -0.05) is 29.2 Å². The summed E-state index contributed by atoms with van der Waals surface area (Å²) < 4.78 is 27.8. The fourth-order valence-electron chi connectivity index (χ4n) is 1.82. The minimum absolute atomic E-state index is 0.232. The maximum atomic E-state index is 12.2. The molecule has 1 aromatic carbocycles. The lowest BCUT2D eigenvalue weighted by atomic mass is 10.2. The maximum Gasteiger partial charge on any atom is 0.271 e. The van der Waals surface area contributed by atoms with Crippen LogP contribution in [-0.2, 0) is 10.0 Å². The molecule has 0 atom stereocenters. The highest BCUT2D eigenvalue weighted by Crippen LogP contribution is 2.24. The molecule has 2 aromatic heterocycles. The highest BCUT2D eigenvalue weighted by atomic mass is 32.2. The minimum atomic E-state index is -3.60. The molecule has 0 aliphatic heterocycles. The summed E-state index contributed by atoms with van der Waals surface area (Å²) in [5.41, 5.74) is 0.769. The Morgan fingerprint density at radius 2 is 1.92 bits per heavy atom. The van der Waals surface area contributed by atoms with Crippen molar-refractivity contribution in [2.75, 3.05) is 16.3 Å². The zero-order valence-electron chi connectivity index (χ0n) is 12.8. The van der Waals surface area contributed by atoms with Gasteiger partial charge in [0.25, 0.3) is 15.9 Å². The third kappa shape index (κ3) is 4.37. The largest absolute Gasteiger partial charge is 0.296 e. The Morgan fingerprint density at radius 3 is 2.52 bits per heavy atom. The van der Waals surface area contributed by atoms with Crippen LogP contribution in [0.1, 0.15) is 10.4 Å². The van der Waals surface area contributed by atoms with Crippen molar-refractivity contribution in [3.05, 3.63) is 47.3 Å². The summed E-state index contributed by atoms with van der Waals surface area (Å²) in [6.45, 7) is 0. The molecule has 0 saturated heterocycles. The van der Waals surface area contributed by atoms with Crippen LogP contribution in [0.2, 0.25) is 0 Å². The Hall–Kier alpha value is -1.95. The average Bonchev–Trinajstić information content (AvgIpc) is 3.27. The summed E-state index contributed by atoms with van der Waals surface area (Å²) in [5, 5.41) is 12.5. The molecule has 7 nitrogen and oxygen atoms in total. The molecule has 25 heavy (non-hydrogen) atoms. The van der Waals surface area contributed by atoms with Crippen LogP contribution in [0.15, 0.2) is 50.3 Å². The number of benzene rings is 1. The smallest absolute Gasteiger partial charge is 0.271 e. The Morgan fingerprint density at radius 1 is 1.16 bits per heavy atom. The molecule has 11 heteroatoms. The molecule has 2 heterocycles. The molecule has 0 aliphatic rings. The molecule has 0 aliphatic carbocycles. The summed E-state index contributed by atoms with van der Waals surface area (Å²) in [4.78, 5) is 12.2. The number of amides is 1. The Balaban J connectivity index is 1.68. The van der Waals surface area contributed by atoms with Gasteiger partial charge in [-0.2, -0.15) is 0 Å². The van der Waals surface area contributed by atoms with Crippen LogP contribution in [0.25, 0.3) is 0 Å². The van der Waals surface area contributed by atoms with Crippen molar-refractivity contribution in [2.45, 2.75) is 8.55 Å². The molecule has 0 spiro atoms. The predicted octanol–water partition coefficient (Wildman–Crippen LogP) is 3.37. The van der Waals surface area contributed by atoms with Crippen LogP contribution in [0.4, 0.5) is 10.8 Å². The van der Waals surface area contributed by atoms with Crippen molar-refractivity contribution >= 4 is 61.2 Å². The van der Waals surface area contributed by atoms with E-state index in [1.807, 2.05) is 6.26 Å². The van der Waals surface area contributed by atoms with Crippen molar-refractivity contribution < 1.29 is 13.2 Å². The number of nitrogens with zero attached hydrogens (tertiary/aromatic N) is 2. The molecule has 0 unspecified atom stereocenters. The van der Waals surface area contributed by atoms with Gasteiger partial charge >= 0.3 is 0 Å². The van der Waals surface area contributed by atoms with Gasteiger partial charge in [0.1, 0.15) is 4.21 Å². The lowest BCUT2D eigenvalue weighted by Gasteiger charge is -2.07. The van der Waals surface area contributed by atoms with E-state index in [1.54, 1.807) is 11.4 Å². The van der Waals surface area contributed by atoms with Gasteiger partial charge in [-0.05, 0) is 42.0 Å². The van der Waals surface area contributed by atoms with E-state index >= 15 is 0 Å². The van der Waals surface area contributed by atoms with E-state index in [1.165, 1.54) is 53.4 Å². The third-order valence-corrected chi connectivity index (χ3v) is 7.55. The zero-order valence-corrected chi connectivity index (χ0v) is 16.1. The fourth-order valence-corrected chi connectivity index (χ4v) is 5.04. The molecular weight excluding hydrogens is 400 g/mol. The minimum Gasteiger partial charge on any atom is -0.296 e. The number of nitrogens with one attached hydrogen (secondary N) is 2. The first kappa shape index (κ1) is 17.9. The summed E-state index contributed by atoms with van der Waals surface area (Å²) in [7, 11) is -3.60. The number of carbonyl (C=O) groups is 1. The number of sulfonamides is 1. The number of rotatable bonds is 6. The summed E-state index contributed by atoms with van der Waals surface area (Å²) >= 11 is 3.87. The number of thiophene rings is 1. The normalized spacial score (nSPS) is 11.2. The first-order valence-electron chi connectivity index (χ1n) is 6.83. The van der Waals surface area contributed by atoms with Gasteiger partial charge in [0.05, 0.1) is 0 Å². The van der Waals surface area contributed by atoms with E-state index in [9.17, 15) is 13.2 Å². The van der Waals surface area contributed by atoms with E-state index in [4.69, 9.17) is 0 Å². The molecule has 0 radical (unpaired) electrons. The average molecular weight is 413 g/mol. The van der Waals surface area contributed by atoms with E-state index in [0.717, 1.165) is 15.7 Å². The van der Waals surface area contributed by atoms with Gasteiger partial charge in [-0.25, -0.2) is 8.42 Å². The highest BCUT2D eigenvalue weighted by Gasteiger charge is 2.15. The third-order valence-electron chi connectivity index (χ3n) is 2.96.